The molecule has 0 aliphatic carbocycles. The summed E-state index contributed by atoms with van der Waals surface area (Å²) in [6.45, 7) is 1.91. The van der Waals surface area contributed by atoms with Crippen molar-refractivity contribution < 1.29 is 9.21 Å². The second-order valence-electron chi connectivity index (χ2n) is 5.01. The smallest absolute Gasteiger partial charge is 0.246 e. The number of amides is 1. The van der Waals surface area contributed by atoms with Crippen LogP contribution in [-0.2, 0) is 11.2 Å². The van der Waals surface area contributed by atoms with Crippen molar-refractivity contribution in [3.05, 3.63) is 62.7 Å². The molecule has 0 spiro atoms. The van der Waals surface area contributed by atoms with Gasteiger partial charge in [-0.25, -0.2) is 10.4 Å². The summed E-state index contributed by atoms with van der Waals surface area (Å²) >= 11 is 5.01. The predicted octanol–water partition coefficient (Wildman–Crippen LogP) is 4.17. The SMILES string of the molecule is Cc1nc(CC(=O)N/N=C\c2ccc(-c3ccccc3Br)o2)cs1. The number of aryl methyl sites for hydroxylation is 1. The molecule has 3 aromatic rings. The van der Waals surface area contributed by atoms with E-state index in [4.69, 9.17) is 4.42 Å². The fourth-order valence-electron chi connectivity index (χ4n) is 2.09. The fraction of sp³-hybridized carbons (Fsp3) is 0.118. The normalized spacial score (nSPS) is 11.1. The predicted molar refractivity (Wildman–Crippen MR) is 98.1 cm³/mol. The Morgan fingerprint density at radius 2 is 2.21 bits per heavy atom. The van der Waals surface area contributed by atoms with Gasteiger partial charge in [0, 0.05) is 15.4 Å². The molecule has 0 unspecified atom stereocenters. The van der Waals surface area contributed by atoms with Gasteiger partial charge >= 0.3 is 0 Å². The average Bonchev–Trinajstić information content (AvgIpc) is 3.17. The number of aromatic nitrogens is 1. The van der Waals surface area contributed by atoms with Crippen molar-refractivity contribution in [3.63, 3.8) is 0 Å². The summed E-state index contributed by atoms with van der Waals surface area (Å²) in [5.74, 6) is 1.08. The van der Waals surface area contributed by atoms with Crippen molar-refractivity contribution in [2.24, 2.45) is 5.10 Å². The molecule has 0 aliphatic rings. The number of hydrogen-bond acceptors (Lipinski definition) is 5. The number of thiazole rings is 1. The number of hydrazone groups is 1. The zero-order valence-corrected chi connectivity index (χ0v) is 15.2. The molecular weight excluding hydrogens is 390 g/mol. The molecule has 3 rings (SSSR count). The van der Waals surface area contributed by atoms with E-state index >= 15 is 0 Å². The molecule has 2 aromatic heterocycles. The molecule has 2 heterocycles. The average molecular weight is 404 g/mol. The van der Waals surface area contributed by atoms with Crippen LogP contribution >= 0.6 is 27.3 Å². The molecule has 0 radical (unpaired) electrons. The molecule has 0 bridgehead atoms. The maximum Gasteiger partial charge on any atom is 0.246 e. The van der Waals surface area contributed by atoms with Crippen LogP contribution in [0.15, 0.2) is 55.8 Å². The van der Waals surface area contributed by atoms with Crippen LogP contribution in [0.25, 0.3) is 11.3 Å². The second kappa shape index (κ2) is 7.55. The molecule has 1 amide bonds. The van der Waals surface area contributed by atoms with Crippen LogP contribution in [0.4, 0.5) is 0 Å². The summed E-state index contributed by atoms with van der Waals surface area (Å²) in [5.41, 5.74) is 4.18. The van der Waals surface area contributed by atoms with Crippen molar-refractivity contribution in [1.82, 2.24) is 10.4 Å². The number of carbonyl (C=O) groups excluding carboxylic acids is 1. The standard InChI is InChI=1S/C17H14BrN3O2S/c1-11-20-12(10-24-11)8-17(22)21-19-9-13-6-7-16(23-13)14-4-2-3-5-15(14)18/h2-7,9-10H,8H2,1H3,(H,21,22)/b19-9-. The summed E-state index contributed by atoms with van der Waals surface area (Å²) in [4.78, 5) is 16.0. The third-order valence-corrected chi connectivity index (χ3v) is 4.67. The van der Waals surface area contributed by atoms with Crippen LogP contribution in [0.1, 0.15) is 16.5 Å². The number of hydrogen-bond donors (Lipinski definition) is 1. The molecular formula is C17H14BrN3O2S. The van der Waals surface area contributed by atoms with E-state index in [1.54, 1.807) is 6.07 Å². The van der Waals surface area contributed by atoms with Gasteiger partial charge in [0.15, 0.2) is 0 Å². The summed E-state index contributed by atoms with van der Waals surface area (Å²) in [5, 5.41) is 6.73. The van der Waals surface area contributed by atoms with Gasteiger partial charge in [-0.2, -0.15) is 5.10 Å². The molecule has 1 aromatic carbocycles. The van der Waals surface area contributed by atoms with Gasteiger partial charge in [0.05, 0.1) is 23.3 Å². The second-order valence-corrected chi connectivity index (χ2v) is 6.93. The van der Waals surface area contributed by atoms with E-state index in [2.05, 4.69) is 31.4 Å². The van der Waals surface area contributed by atoms with Crippen LogP contribution in [0.2, 0.25) is 0 Å². The Morgan fingerprint density at radius 3 is 2.96 bits per heavy atom. The van der Waals surface area contributed by atoms with Crippen molar-refractivity contribution in [1.29, 1.82) is 0 Å². The van der Waals surface area contributed by atoms with Gasteiger partial charge in [-0.3, -0.25) is 4.79 Å². The Bertz CT molecular complexity index is 885. The topological polar surface area (TPSA) is 67.5 Å². The highest BCUT2D eigenvalue weighted by Crippen LogP contribution is 2.28. The summed E-state index contributed by atoms with van der Waals surface area (Å²) in [7, 11) is 0. The molecule has 0 atom stereocenters. The minimum absolute atomic E-state index is 0.210. The zero-order valence-electron chi connectivity index (χ0n) is 12.8. The van der Waals surface area contributed by atoms with E-state index in [-0.39, 0.29) is 12.3 Å². The van der Waals surface area contributed by atoms with Crippen LogP contribution in [0.5, 0.6) is 0 Å². The minimum atomic E-state index is -0.214. The molecule has 7 heteroatoms. The van der Waals surface area contributed by atoms with Crippen LogP contribution in [0, 0.1) is 6.92 Å². The molecule has 122 valence electrons. The number of halogens is 1. The summed E-state index contributed by atoms with van der Waals surface area (Å²) in [6.07, 6.45) is 1.69. The quantitative estimate of drug-likeness (QED) is 0.513. The van der Waals surface area contributed by atoms with Gasteiger partial charge in [-0.15, -0.1) is 11.3 Å². The summed E-state index contributed by atoms with van der Waals surface area (Å²) < 4.78 is 6.67. The third kappa shape index (κ3) is 4.18. The Morgan fingerprint density at radius 1 is 1.38 bits per heavy atom. The Hall–Kier alpha value is -2.25. The molecule has 1 N–H and O–H groups in total. The van der Waals surface area contributed by atoms with Gasteiger partial charge < -0.3 is 4.42 Å². The van der Waals surface area contributed by atoms with Gasteiger partial charge in [0.1, 0.15) is 11.5 Å². The van der Waals surface area contributed by atoms with Gasteiger partial charge in [-0.1, -0.05) is 34.1 Å². The van der Waals surface area contributed by atoms with Crippen LogP contribution < -0.4 is 5.43 Å². The first-order chi connectivity index (χ1) is 11.6. The lowest BCUT2D eigenvalue weighted by atomic mass is 10.2. The monoisotopic (exact) mass is 403 g/mol. The molecule has 24 heavy (non-hydrogen) atoms. The highest BCUT2D eigenvalue weighted by molar-refractivity contribution is 9.10. The minimum Gasteiger partial charge on any atom is -0.455 e. The molecule has 0 saturated carbocycles. The van der Waals surface area contributed by atoms with E-state index < -0.39 is 0 Å². The largest absolute Gasteiger partial charge is 0.455 e. The number of benzene rings is 1. The Kier molecular flexibility index (Phi) is 5.22. The van der Waals surface area contributed by atoms with Crippen molar-refractivity contribution in [3.8, 4) is 11.3 Å². The van der Waals surface area contributed by atoms with Gasteiger partial charge in [0.25, 0.3) is 0 Å². The molecule has 5 nitrogen and oxygen atoms in total. The van der Waals surface area contributed by atoms with E-state index in [1.165, 1.54) is 17.6 Å². The van der Waals surface area contributed by atoms with Crippen molar-refractivity contribution in [2.75, 3.05) is 0 Å². The van der Waals surface area contributed by atoms with Gasteiger partial charge in [0.2, 0.25) is 5.91 Å². The Labute approximate surface area is 151 Å². The maximum absolute atomic E-state index is 11.8. The highest BCUT2D eigenvalue weighted by atomic mass is 79.9. The third-order valence-electron chi connectivity index (χ3n) is 3.16. The molecule has 0 fully saturated rings. The first-order valence-corrected chi connectivity index (χ1v) is 8.87. The first-order valence-electron chi connectivity index (χ1n) is 7.19. The molecule has 0 aliphatic heterocycles. The van der Waals surface area contributed by atoms with E-state index in [0.717, 1.165) is 26.5 Å². The van der Waals surface area contributed by atoms with Gasteiger partial charge in [-0.05, 0) is 25.1 Å². The fourth-order valence-corrected chi connectivity index (χ4v) is 3.18. The number of rotatable bonds is 5. The van der Waals surface area contributed by atoms with Crippen molar-refractivity contribution in [2.45, 2.75) is 13.3 Å². The van der Waals surface area contributed by atoms with E-state index in [9.17, 15) is 4.79 Å². The number of carbonyl (C=O) groups is 1. The van der Waals surface area contributed by atoms with Crippen LogP contribution in [0.3, 0.4) is 0 Å². The zero-order chi connectivity index (χ0) is 16.9. The lowest BCUT2D eigenvalue weighted by Gasteiger charge is -1.99. The lowest BCUT2D eigenvalue weighted by Crippen LogP contribution is -2.19. The highest BCUT2D eigenvalue weighted by Gasteiger charge is 2.07. The van der Waals surface area contributed by atoms with E-state index in [0.29, 0.717) is 5.76 Å². The maximum atomic E-state index is 11.8. The van der Waals surface area contributed by atoms with Crippen LogP contribution in [-0.4, -0.2) is 17.1 Å². The molecule has 0 saturated heterocycles. The number of nitrogens with one attached hydrogen (secondary N) is 1. The van der Waals surface area contributed by atoms with E-state index in [1.807, 2.05) is 42.6 Å². The Balaban J connectivity index is 1.59. The number of furan rings is 1. The summed E-state index contributed by atoms with van der Waals surface area (Å²) in [6, 6.07) is 11.5. The van der Waals surface area contributed by atoms with Crippen molar-refractivity contribution >= 4 is 39.4 Å². The lowest BCUT2D eigenvalue weighted by molar-refractivity contribution is -0.120. The number of nitrogens with zero attached hydrogens (tertiary/aromatic N) is 2. The first kappa shape index (κ1) is 16.6.